The molecule has 0 bridgehead atoms. The van der Waals surface area contributed by atoms with Gasteiger partial charge in [-0.3, -0.25) is 0 Å². The van der Waals surface area contributed by atoms with Crippen molar-refractivity contribution < 1.29 is 9.84 Å². The van der Waals surface area contributed by atoms with Crippen LogP contribution in [0.15, 0.2) is 24.5 Å². The molecule has 19 heavy (non-hydrogen) atoms. The fourth-order valence-electron chi connectivity index (χ4n) is 2.08. The SMILES string of the molecule is CC(C)CCOCCn1cc(CO)c2cccnc21. The van der Waals surface area contributed by atoms with E-state index in [0.29, 0.717) is 12.5 Å². The first-order valence-corrected chi connectivity index (χ1v) is 6.83. The van der Waals surface area contributed by atoms with Crippen LogP contribution >= 0.6 is 0 Å². The molecule has 0 aliphatic rings. The minimum absolute atomic E-state index is 0.0450. The Morgan fingerprint density at radius 3 is 2.95 bits per heavy atom. The minimum Gasteiger partial charge on any atom is -0.392 e. The fourth-order valence-corrected chi connectivity index (χ4v) is 2.08. The Balaban J connectivity index is 1.97. The van der Waals surface area contributed by atoms with Gasteiger partial charge in [0.15, 0.2) is 0 Å². The van der Waals surface area contributed by atoms with E-state index in [2.05, 4.69) is 23.4 Å². The number of aromatic nitrogens is 2. The van der Waals surface area contributed by atoms with Crippen LogP contribution in [0.5, 0.6) is 0 Å². The maximum atomic E-state index is 9.35. The molecule has 2 rings (SSSR count). The van der Waals surface area contributed by atoms with E-state index in [1.165, 1.54) is 0 Å². The van der Waals surface area contributed by atoms with E-state index in [1.54, 1.807) is 6.20 Å². The standard InChI is InChI=1S/C15H22N2O2/c1-12(2)5-8-19-9-7-17-10-13(11-18)14-4-3-6-16-15(14)17/h3-4,6,10,12,18H,5,7-9,11H2,1-2H3. The van der Waals surface area contributed by atoms with Gasteiger partial charge in [-0.2, -0.15) is 0 Å². The molecule has 0 amide bonds. The third-order valence-electron chi connectivity index (χ3n) is 3.20. The Morgan fingerprint density at radius 1 is 1.37 bits per heavy atom. The van der Waals surface area contributed by atoms with Crippen molar-refractivity contribution in [1.29, 1.82) is 0 Å². The molecule has 0 saturated carbocycles. The van der Waals surface area contributed by atoms with Gasteiger partial charge in [0.05, 0.1) is 13.2 Å². The molecular weight excluding hydrogens is 240 g/mol. The van der Waals surface area contributed by atoms with Gasteiger partial charge in [-0.1, -0.05) is 13.8 Å². The lowest BCUT2D eigenvalue weighted by atomic mass is 10.1. The number of hydrogen-bond acceptors (Lipinski definition) is 3. The van der Waals surface area contributed by atoms with E-state index in [-0.39, 0.29) is 6.61 Å². The summed E-state index contributed by atoms with van der Waals surface area (Å²) in [5.41, 5.74) is 1.84. The Kier molecular flexibility index (Phi) is 4.93. The second kappa shape index (κ2) is 6.68. The molecule has 0 aliphatic heterocycles. The molecule has 0 fully saturated rings. The number of rotatable bonds is 7. The van der Waals surface area contributed by atoms with Crippen LogP contribution in [0.2, 0.25) is 0 Å². The number of aliphatic hydroxyl groups excluding tert-OH is 1. The van der Waals surface area contributed by atoms with Crippen molar-refractivity contribution >= 4 is 11.0 Å². The van der Waals surface area contributed by atoms with E-state index < -0.39 is 0 Å². The highest BCUT2D eigenvalue weighted by Crippen LogP contribution is 2.19. The second-order valence-corrected chi connectivity index (χ2v) is 5.18. The van der Waals surface area contributed by atoms with E-state index in [9.17, 15) is 5.11 Å². The van der Waals surface area contributed by atoms with Gasteiger partial charge in [-0.05, 0) is 24.5 Å². The van der Waals surface area contributed by atoms with Gasteiger partial charge in [0.2, 0.25) is 0 Å². The molecule has 4 heteroatoms. The van der Waals surface area contributed by atoms with Crippen LogP contribution in [0.25, 0.3) is 11.0 Å². The Morgan fingerprint density at radius 2 is 2.21 bits per heavy atom. The molecule has 104 valence electrons. The topological polar surface area (TPSA) is 47.3 Å². The smallest absolute Gasteiger partial charge is 0.140 e. The summed E-state index contributed by atoms with van der Waals surface area (Å²) in [6.07, 6.45) is 4.83. The van der Waals surface area contributed by atoms with Crippen molar-refractivity contribution in [3.63, 3.8) is 0 Å². The maximum absolute atomic E-state index is 9.35. The molecule has 1 N–H and O–H groups in total. The monoisotopic (exact) mass is 262 g/mol. The summed E-state index contributed by atoms with van der Waals surface area (Å²) < 4.78 is 7.68. The number of nitrogens with zero attached hydrogens (tertiary/aromatic N) is 2. The van der Waals surface area contributed by atoms with Crippen LogP contribution in [-0.2, 0) is 17.9 Å². The van der Waals surface area contributed by atoms with Gasteiger partial charge in [-0.25, -0.2) is 4.98 Å². The average molecular weight is 262 g/mol. The summed E-state index contributed by atoms with van der Waals surface area (Å²) in [6.45, 7) is 6.69. The van der Waals surface area contributed by atoms with Gasteiger partial charge in [-0.15, -0.1) is 0 Å². The number of aliphatic hydroxyl groups is 1. The summed E-state index contributed by atoms with van der Waals surface area (Å²) in [4.78, 5) is 4.37. The molecule has 2 aromatic rings. The summed E-state index contributed by atoms with van der Waals surface area (Å²) in [7, 11) is 0. The second-order valence-electron chi connectivity index (χ2n) is 5.18. The molecule has 2 heterocycles. The predicted molar refractivity (Wildman–Crippen MR) is 75.9 cm³/mol. The molecule has 0 unspecified atom stereocenters. The molecular formula is C15H22N2O2. The Labute approximate surface area is 114 Å². The van der Waals surface area contributed by atoms with Crippen LogP contribution in [0, 0.1) is 5.92 Å². The highest BCUT2D eigenvalue weighted by molar-refractivity contribution is 5.80. The van der Waals surface area contributed by atoms with Gasteiger partial charge in [0.25, 0.3) is 0 Å². The molecule has 0 aliphatic carbocycles. The summed E-state index contributed by atoms with van der Waals surface area (Å²) >= 11 is 0. The van der Waals surface area contributed by atoms with Crippen LogP contribution in [0.3, 0.4) is 0 Å². The highest BCUT2D eigenvalue weighted by atomic mass is 16.5. The molecule has 0 aromatic carbocycles. The first-order valence-electron chi connectivity index (χ1n) is 6.83. The normalized spacial score (nSPS) is 11.6. The third kappa shape index (κ3) is 3.55. The first-order chi connectivity index (χ1) is 9.22. The predicted octanol–water partition coefficient (Wildman–Crippen LogP) is 2.59. The van der Waals surface area contributed by atoms with Gasteiger partial charge < -0.3 is 14.4 Å². The van der Waals surface area contributed by atoms with Crippen molar-refractivity contribution in [2.75, 3.05) is 13.2 Å². The lowest BCUT2D eigenvalue weighted by molar-refractivity contribution is 0.117. The van der Waals surface area contributed by atoms with Gasteiger partial charge in [0.1, 0.15) is 5.65 Å². The van der Waals surface area contributed by atoms with Gasteiger partial charge in [0, 0.05) is 36.5 Å². The van der Waals surface area contributed by atoms with E-state index >= 15 is 0 Å². The van der Waals surface area contributed by atoms with Crippen molar-refractivity contribution in [3.8, 4) is 0 Å². The van der Waals surface area contributed by atoms with Gasteiger partial charge >= 0.3 is 0 Å². The fraction of sp³-hybridized carbons (Fsp3) is 0.533. The summed E-state index contributed by atoms with van der Waals surface area (Å²) in [5.74, 6) is 0.676. The molecule has 0 radical (unpaired) electrons. The number of pyridine rings is 1. The quantitative estimate of drug-likeness (QED) is 0.780. The summed E-state index contributed by atoms with van der Waals surface area (Å²) in [6, 6.07) is 3.88. The van der Waals surface area contributed by atoms with Crippen molar-refractivity contribution in [2.45, 2.75) is 33.4 Å². The zero-order valence-electron chi connectivity index (χ0n) is 11.7. The molecule has 4 nitrogen and oxygen atoms in total. The van der Waals surface area contributed by atoms with Crippen LogP contribution in [0.1, 0.15) is 25.8 Å². The Hall–Kier alpha value is -1.39. The van der Waals surface area contributed by atoms with E-state index in [4.69, 9.17) is 4.74 Å². The maximum Gasteiger partial charge on any atom is 0.140 e. The summed E-state index contributed by atoms with van der Waals surface area (Å²) in [5, 5.41) is 10.4. The molecule has 0 atom stereocenters. The molecule has 2 aromatic heterocycles. The number of fused-ring (bicyclic) bond motifs is 1. The Bertz CT molecular complexity index is 520. The molecule has 0 spiro atoms. The van der Waals surface area contributed by atoms with E-state index in [1.807, 2.05) is 18.3 Å². The molecule has 0 saturated heterocycles. The number of hydrogen-bond donors (Lipinski definition) is 1. The lowest BCUT2D eigenvalue weighted by Crippen LogP contribution is -2.07. The van der Waals surface area contributed by atoms with Crippen LogP contribution < -0.4 is 0 Å². The largest absolute Gasteiger partial charge is 0.392 e. The minimum atomic E-state index is 0.0450. The third-order valence-corrected chi connectivity index (χ3v) is 3.20. The zero-order chi connectivity index (χ0) is 13.7. The zero-order valence-corrected chi connectivity index (χ0v) is 11.7. The average Bonchev–Trinajstić information content (AvgIpc) is 2.76. The highest BCUT2D eigenvalue weighted by Gasteiger charge is 2.07. The van der Waals surface area contributed by atoms with Crippen LogP contribution in [0.4, 0.5) is 0 Å². The first kappa shape index (κ1) is 14.0. The number of ether oxygens (including phenoxy) is 1. The van der Waals surface area contributed by atoms with Crippen LogP contribution in [-0.4, -0.2) is 27.9 Å². The lowest BCUT2D eigenvalue weighted by Gasteiger charge is -2.07. The van der Waals surface area contributed by atoms with E-state index in [0.717, 1.165) is 36.2 Å². The van der Waals surface area contributed by atoms with Crippen molar-refractivity contribution in [2.24, 2.45) is 5.92 Å². The van der Waals surface area contributed by atoms with Crippen molar-refractivity contribution in [3.05, 3.63) is 30.1 Å². The van der Waals surface area contributed by atoms with Crippen molar-refractivity contribution in [1.82, 2.24) is 9.55 Å².